The van der Waals surface area contributed by atoms with Crippen molar-refractivity contribution >= 4 is 11.8 Å². The molecule has 9 nitrogen and oxygen atoms in total. The Balaban J connectivity index is 1.61. The zero-order valence-corrected chi connectivity index (χ0v) is 17.3. The predicted molar refractivity (Wildman–Crippen MR) is 108 cm³/mol. The van der Waals surface area contributed by atoms with E-state index in [0.29, 0.717) is 43.4 Å². The van der Waals surface area contributed by atoms with Crippen LogP contribution < -0.4 is 15.0 Å². The maximum Gasteiger partial charge on any atom is 0.267 e. The van der Waals surface area contributed by atoms with Crippen molar-refractivity contribution < 1.29 is 19.1 Å². The first kappa shape index (κ1) is 19.9. The van der Waals surface area contributed by atoms with E-state index in [4.69, 9.17) is 9.47 Å². The highest BCUT2D eigenvalue weighted by Crippen LogP contribution is 2.35. The third kappa shape index (κ3) is 3.51. The summed E-state index contributed by atoms with van der Waals surface area (Å²) in [6.07, 6.45) is 0. The number of ether oxygens (including phenoxy) is 2. The Hall–Kier alpha value is -3.36. The van der Waals surface area contributed by atoms with Crippen LogP contribution in [-0.2, 0) is 15.1 Å². The number of hydrogen-bond acceptors (Lipinski definition) is 6. The van der Waals surface area contributed by atoms with E-state index in [-0.39, 0.29) is 24.2 Å². The Bertz CT molecular complexity index is 1050. The van der Waals surface area contributed by atoms with Crippen LogP contribution in [-0.4, -0.2) is 64.4 Å². The number of nitrogens with zero attached hydrogens (tertiary/aromatic N) is 4. The van der Waals surface area contributed by atoms with Gasteiger partial charge in [-0.2, -0.15) is 5.10 Å². The first-order chi connectivity index (χ1) is 14.3. The molecule has 0 saturated carbocycles. The van der Waals surface area contributed by atoms with Gasteiger partial charge in [0.15, 0.2) is 11.5 Å². The molecule has 9 heteroatoms. The van der Waals surface area contributed by atoms with Crippen LogP contribution in [0.3, 0.4) is 0 Å². The fourth-order valence-corrected chi connectivity index (χ4v) is 3.72. The zero-order valence-electron chi connectivity index (χ0n) is 17.3. The monoisotopic (exact) mass is 412 g/mol. The Morgan fingerprint density at radius 3 is 2.33 bits per heavy atom. The van der Waals surface area contributed by atoms with Crippen molar-refractivity contribution in [3.8, 4) is 22.8 Å². The number of amides is 2. The first-order valence-electron chi connectivity index (χ1n) is 9.83. The second kappa shape index (κ2) is 7.47. The lowest BCUT2D eigenvalue weighted by molar-refractivity contribution is -0.144. The van der Waals surface area contributed by atoms with Crippen molar-refractivity contribution in [2.24, 2.45) is 0 Å². The Morgan fingerprint density at radius 1 is 0.967 bits per heavy atom. The zero-order chi connectivity index (χ0) is 21.5. The molecule has 1 aromatic carbocycles. The molecule has 30 heavy (non-hydrogen) atoms. The third-order valence-corrected chi connectivity index (χ3v) is 5.53. The molecule has 0 N–H and O–H groups in total. The highest BCUT2D eigenvalue weighted by Gasteiger charge is 2.37. The van der Waals surface area contributed by atoms with Gasteiger partial charge < -0.3 is 19.3 Å². The van der Waals surface area contributed by atoms with Crippen molar-refractivity contribution in [1.29, 1.82) is 0 Å². The molecule has 0 bridgehead atoms. The number of rotatable bonds is 3. The van der Waals surface area contributed by atoms with Crippen molar-refractivity contribution in [2.45, 2.75) is 26.3 Å². The third-order valence-electron chi connectivity index (χ3n) is 5.53. The van der Waals surface area contributed by atoms with E-state index in [1.165, 1.54) is 17.7 Å². The summed E-state index contributed by atoms with van der Waals surface area (Å²) in [5.74, 6) is 1.07. The number of piperazine rings is 1. The van der Waals surface area contributed by atoms with Crippen molar-refractivity contribution in [2.75, 3.05) is 33.0 Å². The maximum absolute atomic E-state index is 13.2. The van der Waals surface area contributed by atoms with E-state index >= 15 is 0 Å². The maximum atomic E-state index is 13.2. The standard InChI is InChI=1S/C21H24N4O5/c1-14(26)23-8-10-24(11-9-23)20(28)21(2,3)25-19(27)7-5-16(22-25)15-4-6-17-18(12-15)30-13-29-17/h4-7,12H,8-11,13H2,1-3H3. The van der Waals surface area contributed by atoms with Gasteiger partial charge in [-0.1, -0.05) is 0 Å². The second-order valence-electron chi connectivity index (χ2n) is 7.89. The molecule has 0 atom stereocenters. The van der Waals surface area contributed by atoms with Gasteiger partial charge in [-0.3, -0.25) is 14.4 Å². The summed E-state index contributed by atoms with van der Waals surface area (Å²) >= 11 is 0. The van der Waals surface area contributed by atoms with E-state index in [9.17, 15) is 14.4 Å². The topological polar surface area (TPSA) is 94.0 Å². The number of benzene rings is 1. The van der Waals surface area contributed by atoms with Crippen molar-refractivity contribution in [3.05, 3.63) is 40.7 Å². The van der Waals surface area contributed by atoms with Gasteiger partial charge in [-0.25, -0.2) is 4.68 Å². The smallest absolute Gasteiger partial charge is 0.267 e. The van der Waals surface area contributed by atoms with Gasteiger partial charge in [-0.15, -0.1) is 0 Å². The molecule has 2 aliphatic heterocycles. The van der Waals surface area contributed by atoms with Gasteiger partial charge in [0.2, 0.25) is 18.6 Å². The SMILES string of the molecule is CC(=O)N1CCN(C(=O)C(C)(C)n2nc(-c3ccc4c(c3)OCO4)ccc2=O)CC1. The van der Waals surface area contributed by atoms with Crippen LogP contribution in [0.4, 0.5) is 0 Å². The number of fused-ring (bicyclic) bond motifs is 1. The summed E-state index contributed by atoms with van der Waals surface area (Å²) in [4.78, 5) is 40.8. The number of aromatic nitrogens is 2. The minimum absolute atomic E-state index is 0.00401. The van der Waals surface area contributed by atoms with E-state index in [2.05, 4.69) is 5.10 Å². The fourth-order valence-electron chi connectivity index (χ4n) is 3.72. The molecular formula is C21H24N4O5. The summed E-state index contributed by atoms with van der Waals surface area (Å²) in [6, 6.07) is 8.47. The van der Waals surface area contributed by atoms with Gasteiger partial charge in [0.1, 0.15) is 5.54 Å². The highest BCUT2D eigenvalue weighted by atomic mass is 16.7. The molecular weight excluding hydrogens is 388 g/mol. The molecule has 1 saturated heterocycles. The van der Waals surface area contributed by atoms with Gasteiger partial charge in [0, 0.05) is 44.7 Å². The van der Waals surface area contributed by atoms with E-state index in [0.717, 1.165) is 5.56 Å². The van der Waals surface area contributed by atoms with Crippen LogP contribution in [0.1, 0.15) is 20.8 Å². The molecule has 1 aromatic heterocycles. The summed E-state index contributed by atoms with van der Waals surface area (Å²) in [5.41, 5.74) is -0.233. The molecule has 158 valence electrons. The quantitative estimate of drug-likeness (QED) is 0.749. The molecule has 0 unspecified atom stereocenters. The summed E-state index contributed by atoms with van der Waals surface area (Å²) < 4.78 is 12.0. The predicted octanol–water partition coefficient (Wildman–Crippen LogP) is 1.06. The molecule has 4 rings (SSSR count). The molecule has 0 radical (unpaired) electrons. The minimum atomic E-state index is -1.18. The normalized spacial score (nSPS) is 16.0. The van der Waals surface area contributed by atoms with E-state index in [1.54, 1.807) is 41.8 Å². The lowest BCUT2D eigenvalue weighted by Crippen LogP contribution is -2.57. The molecule has 2 amide bonds. The Morgan fingerprint density at radius 2 is 1.63 bits per heavy atom. The van der Waals surface area contributed by atoms with Crippen LogP contribution in [0.25, 0.3) is 11.3 Å². The summed E-state index contributed by atoms with van der Waals surface area (Å²) in [7, 11) is 0. The largest absolute Gasteiger partial charge is 0.454 e. The average Bonchev–Trinajstić information content (AvgIpc) is 3.21. The van der Waals surface area contributed by atoms with Crippen molar-refractivity contribution in [1.82, 2.24) is 19.6 Å². The lowest BCUT2D eigenvalue weighted by Gasteiger charge is -2.38. The molecule has 0 aliphatic carbocycles. The minimum Gasteiger partial charge on any atom is -0.454 e. The molecule has 2 aromatic rings. The van der Waals surface area contributed by atoms with Gasteiger partial charge in [0.05, 0.1) is 5.69 Å². The van der Waals surface area contributed by atoms with Gasteiger partial charge in [-0.05, 0) is 38.1 Å². The van der Waals surface area contributed by atoms with E-state index < -0.39 is 5.54 Å². The van der Waals surface area contributed by atoms with Gasteiger partial charge >= 0.3 is 0 Å². The number of carbonyl (C=O) groups excluding carboxylic acids is 2. The first-order valence-corrected chi connectivity index (χ1v) is 9.83. The average molecular weight is 412 g/mol. The lowest BCUT2D eigenvalue weighted by atomic mass is 10.0. The highest BCUT2D eigenvalue weighted by molar-refractivity contribution is 5.84. The fraction of sp³-hybridized carbons (Fsp3) is 0.429. The molecule has 1 fully saturated rings. The van der Waals surface area contributed by atoms with Crippen LogP contribution in [0.2, 0.25) is 0 Å². The molecule has 0 spiro atoms. The van der Waals surface area contributed by atoms with Crippen LogP contribution in [0, 0.1) is 0 Å². The van der Waals surface area contributed by atoms with Crippen LogP contribution in [0.15, 0.2) is 35.1 Å². The molecule has 2 aliphatic rings. The number of hydrogen-bond donors (Lipinski definition) is 0. The van der Waals surface area contributed by atoms with E-state index in [1.807, 2.05) is 6.07 Å². The number of carbonyl (C=O) groups is 2. The Labute approximate surface area is 173 Å². The second-order valence-corrected chi connectivity index (χ2v) is 7.89. The van der Waals surface area contributed by atoms with Gasteiger partial charge in [0.25, 0.3) is 5.56 Å². The molecule has 3 heterocycles. The van der Waals surface area contributed by atoms with Crippen LogP contribution >= 0.6 is 0 Å². The Kier molecular flexibility index (Phi) is 4.97. The summed E-state index contributed by atoms with van der Waals surface area (Å²) in [6.45, 7) is 6.88. The van der Waals surface area contributed by atoms with Crippen molar-refractivity contribution in [3.63, 3.8) is 0 Å². The van der Waals surface area contributed by atoms with Crippen LogP contribution in [0.5, 0.6) is 11.5 Å². The summed E-state index contributed by atoms with van der Waals surface area (Å²) in [5, 5.41) is 4.49.